The summed E-state index contributed by atoms with van der Waals surface area (Å²) in [6.45, 7) is 6.28. The lowest BCUT2D eigenvalue weighted by Crippen LogP contribution is -2.57. The minimum atomic E-state index is -3.83. The number of amides is 2. The van der Waals surface area contributed by atoms with Gasteiger partial charge in [-0.05, 0) is 66.5 Å². The van der Waals surface area contributed by atoms with Crippen LogP contribution in [0.2, 0.25) is 0 Å². The molecule has 3 atom stereocenters. The van der Waals surface area contributed by atoms with Gasteiger partial charge >= 0.3 is 0 Å². The molecule has 4 N–H and O–H groups in total. The summed E-state index contributed by atoms with van der Waals surface area (Å²) in [5.41, 5.74) is 3.26. The van der Waals surface area contributed by atoms with Gasteiger partial charge in [-0.1, -0.05) is 88.2 Å². The van der Waals surface area contributed by atoms with Gasteiger partial charge in [0.25, 0.3) is 0 Å². The van der Waals surface area contributed by atoms with E-state index in [0.717, 1.165) is 41.3 Å². The lowest BCUT2D eigenvalue weighted by Gasteiger charge is -2.28. The van der Waals surface area contributed by atoms with E-state index in [1.54, 1.807) is 0 Å². The van der Waals surface area contributed by atoms with Crippen molar-refractivity contribution in [1.82, 2.24) is 16.0 Å². The molecule has 0 saturated heterocycles. The molecule has 3 rings (SSSR count). The van der Waals surface area contributed by atoms with Gasteiger partial charge in [0.1, 0.15) is 17.7 Å². The van der Waals surface area contributed by atoms with Crippen LogP contribution in [-0.2, 0) is 45.2 Å². The molecule has 0 aliphatic heterocycles. The summed E-state index contributed by atoms with van der Waals surface area (Å²) in [6.07, 6.45) is 2.02. The lowest BCUT2D eigenvalue weighted by molar-refractivity contribution is -0.129. The molecule has 0 bridgehead atoms. The van der Waals surface area contributed by atoms with Crippen molar-refractivity contribution in [3.05, 3.63) is 107 Å². The normalized spacial score (nSPS) is 13.5. The summed E-state index contributed by atoms with van der Waals surface area (Å²) in [5.74, 6) is -3.54. The fourth-order valence-corrected chi connectivity index (χ4v) is 8.04. The average molecular weight is 700 g/mol. The first-order valence-electron chi connectivity index (χ1n) is 17.2. The molecule has 0 aliphatic rings. The van der Waals surface area contributed by atoms with Crippen molar-refractivity contribution in [2.45, 2.75) is 102 Å². The molecule has 0 fully saturated rings. The lowest BCUT2D eigenvalue weighted by atomic mass is 10.00. The minimum Gasteiger partial charge on any atom is -0.390 e. The first-order valence-corrected chi connectivity index (χ1v) is 18.9. The second kappa shape index (κ2) is 20.1. The summed E-state index contributed by atoms with van der Waals surface area (Å²) in [5, 5.41) is 19.2. The topological polar surface area (TPSA) is 125 Å². The molecule has 3 aromatic carbocycles. The first kappa shape index (κ1) is 39.8. The zero-order valence-corrected chi connectivity index (χ0v) is 29.6. The van der Waals surface area contributed by atoms with Crippen LogP contribution in [0, 0.1) is 11.6 Å². The van der Waals surface area contributed by atoms with Crippen molar-refractivity contribution in [3.8, 4) is 0 Å². The van der Waals surface area contributed by atoms with Crippen LogP contribution >= 0.6 is 0 Å². The second-order valence-corrected chi connectivity index (χ2v) is 14.9. The molecule has 268 valence electrons. The van der Waals surface area contributed by atoms with Gasteiger partial charge in [0.2, 0.25) is 11.8 Å². The second-order valence-electron chi connectivity index (χ2n) is 12.6. The maximum absolute atomic E-state index is 14.1. The summed E-state index contributed by atoms with van der Waals surface area (Å²) in [6, 6.07) is 17.7. The van der Waals surface area contributed by atoms with E-state index in [4.69, 9.17) is 0 Å². The highest BCUT2D eigenvalue weighted by molar-refractivity contribution is 7.92. The van der Waals surface area contributed by atoms with Crippen LogP contribution in [0.1, 0.15) is 75.1 Å². The number of nitrogens with one attached hydrogen (secondary N) is 3. The zero-order chi connectivity index (χ0) is 35.8. The van der Waals surface area contributed by atoms with Gasteiger partial charge in [0.05, 0.1) is 23.1 Å². The number of hydrogen-bond donors (Lipinski definition) is 4. The van der Waals surface area contributed by atoms with E-state index in [0.29, 0.717) is 38.6 Å². The van der Waals surface area contributed by atoms with E-state index >= 15 is 0 Å². The largest absolute Gasteiger partial charge is 0.390 e. The first-order chi connectivity index (χ1) is 23.4. The smallest absolute Gasteiger partial charge is 0.243 e. The van der Waals surface area contributed by atoms with E-state index in [1.807, 2.05) is 68.4 Å². The molecule has 0 aliphatic carbocycles. The monoisotopic (exact) mass is 699 g/mol. The summed E-state index contributed by atoms with van der Waals surface area (Å²) in [4.78, 5) is 27.0. The number of aliphatic hydroxyl groups excluding tert-OH is 1. The van der Waals surface area contributed by atoms with E-state index in [1.165, 1.54) is 0 Å². The Labute approximate surface area is 290 Å². The van der Waals surface area contributed by atoms with Crippen LogP contribution in [0.15, 0.2) is 72.8 Å². The van der Waals surface area contributed by atoms with Crippen LogP contribution in [-0.4, -0.2) is 61.1 Å². The standard InChI is InChI=1S/C38H51F2N3O5S/c1-4-11-33(12-5-2)49(47,48)26-35(42-37(45)18-17-28-13-8-7-9-14-28)38(46)43-34(22-30-20-31(39)23-32(40)21-30)36(44)25-41-24-29-16-10-15-27(6-3)19-29/h7-10,13-16,19-21,23,33-36,41,44H,4-6,11-12,17-18,22,24-26H2,1-3H3,(H,42,45)(H,43,46)/t34-,35?,36+/m0/s1. The van der Waals surface area contributed by atoms with Crippen LogP contribution in [0.25, 0.3) is 0 Å². The van der Waals surface area contributed by atoms with Crippen molar-refractivity contribution in [2.24, 2.45) is 0 Å². The predicted octanol–water partition coefficient (Wildman–Crippen LogP) is 5.21. The molecule has 49 heavy (non-hydrogen) atoms. The molecule has 0 spiro atoms. The fraction of sp³-hybridized carbons (Fsp3) is 0.474. The Morgan fingerprint density at radius 2 is 1.43 bits per heavy atom. The van der Waals surface area contributed by atoms with Gasteiger partial charge < -0.3 is 21.1 Å². The van der Waals surface area contributed by atoms with Gasteiger partial charge in [0.15, 0.2) is 9.84 Å². The molecule has 0 heterocycles. The number of benzene rings is 3. The SMILES string of the molecule is CCCC(CCC)S(=O)(=O)CC(NC(=O)CCc1ccccc1)C(=O)N[C@@H](Cc1cc(F)cc(F)c1)[C@H](O)CNCc1cccc(CC)c1. The van der Waals surface area contributed by atoms with Crippen LogP contribution in [0.3, 0.4) is 0 Å². The molecule has 8 nitrogen and oxygen atoms in total. The Balaban J connectivity index is 1.84. The van der Waals surface area contributed by atoms with Crippen molar-refractivity contribution in [3.63, 3.8) is 0 Å². The number of carbonyl (C=O) groups is 2. The average Bonchev–Trinajstić information content (AvgIpc) is 3.06. The third-order valence-corrected chi connectivity index (χ3v) is 10.8. The number of sulfone groups is 1. The molecule has 0 saturated carbocycles. The van der Waals surface area contributed by atoms with Gasteiger partial charge in [-0.25, -0.2) is 17.2 Å². The summed E-state index contributed by atoms with van der Waals surface area (Å²) >= 11 is 0. The van der Waals surface area contributed by atoms with E-state index < -0.39 is 62.5 Å². The van der Waals surface area contributed by atoms with Crippen LogP contribution in [0.4, 0.5) is 8.78 Å². The van der Waals surface area contributed by atoms with Crippen LogP contribution < -0.4 is 16.0 Å². The summed E-state index contributed by atoms with van der Waals surface area (Å²) in [7, 11) is -3.83. The number of rotatable bonds is 21. The Hall–Kier alpha value is -3.67. The number of hydrogen-bond acceptors (Lipinski definition) is 6. The highest BCUT2D eigenvalue weighted by Gasteiger charge is 2.34. The maximum Gasteiger partial charge on any atom is 0.243 e. The molecule has 0 radical (unpaired) electrons. The molecule has 2 amide bonds. The third-order valence-electron chi connectivity index (χ3n) is 8.52. The van der Waals surface area contributed by atoms with E-state index in [2.05, 4.69) is 22.9 Å². The molecule has 11 heteroatoms. The third kappa shape index (κ3) is 13.6. The highest BCUT2D eigenvalue weighted by atomic mass is 32.2. The van der Waals surface area contributed by atoms with Crippen LogP contribution in [0.5, 0.6) is 0 Å². The Kier molecular flexibility index (Phi) is 16.3. The van der Waals surface area contributed by atoms with Crippen molar-refractivity contribution < 1.29 is 31.9 Å². The minimum absolute atomic E-state index is 0.0145. The Morgan fingerprint density at radius 3 is 2.06 bits per heavy atom. The Morgan fingerprint density at radius 1 is 0.796 bits per heavy atom. The van der Waals surface area contributed by atoms with Gasteiger partial charge in [-0.15, -0.1) is 0 Å². The number of aliphatic hydroxyl groups is 1. The predicted molar refractivity (Wildman–Crippen MR) is 190 cm³/mol. The fourth-order valence-electron chi connectivity index (χ4n) is 5.88. The number of carbonyl (C=O) groups excluding carboxylic acids is 2. The number of halogens is 2. The molecular weight excluding hydrogens is 648 g/mol. The van der Waals surface area contributed by atoms with Crippen molar-refractivity contribution in [1.29, 1.82) is 0 Å². The maximum atomic E-state index is 14.1. The Bertz CT molecular complexity index is 1560. The van der Waals surface area contributed by atoms with E-state index in [9.17, 15) is 31.9 Å². The van der Waals surface area contributed by atoms with Gasteiger partial charge in [-0.2, -0.15) is 0 Å². The summed E-state index contributed by atoms with van der Waals surface area (Å²) < 4.78 is 55.5. The molecular formula is C38H51F2N3O5S. The van der Waals surface area contributed by atoms with Crippen molar-refractivity contribution >= 4 is 21.7 Å². The quantitative estimate of drug-likeness (QED) is 0.121. The van der Waals surface area contributed by atoms with Crippen molar-refractivity contribution in [2.75, 3.05) is 12.3 Å². The van der Waals surface area contributed by atoms with E-state index in [-0.39, 0.29) is 24.9 Å². The molecule has 3 aromatic rings. The molecule has 0 aromatic heterocycles. The van der Waals surface area contributed by atoms with Gasteiger partial charge in [-0.3, -0.25) is 9.59 Å². The highest BCUT2D eigenvalue weighted by Crippen LogP contribution is 2.18. The van der Waals surface area contributed by atoms with Gasteiger partial charge in [0, 0.05) is 25.6 Å². The number of aryl methyl sites for hydroxylation is 2. The zero-order valence-electron chi connectivity index (χ0n) is 28.8. The molecule has 1 unspecified atom stereocenters.